The molecule has 0 aromatic carbocycles. The maximum absolute atomic E-state index is 11.8. The van der Waals surface area contributed by atoms with E-state index >= 15 is 0 Å². The monoisotopic (exact) mass is 235 g/mol. The first-order valence-corrected chi connectivity index (χ1v) is 5.05. The Bertz CT molecular complexity index is 543. The molecule has 0 atom stereocenters. The number of nitrogens with one attached hydrogen (secondary N) is 1. The molecular formula is C10H13N5O2. The number of hydrogen-bond acceptors (Lipinski definition) is 5. The minimum absolute atomic E-state index is 0.199. The standard InChI is InChI=1S/C10H13N5O2/c1-6-13-9(17-14-6)4-12-10(16)8-3-7(11)5-15(8)2/h3,5H,4,11H2,1-2H3,(H,12,16). The Hall–Kier alpha value is -2.31. The summed E-state index contributed by atoms with van der Waals surface area (Å²) < 4.78 is 6.54. The van der Waals surface area contributed by atoms with Crippen molar-refractivity contribution < 1.29 is 9.32 Å². The van der Waals surface area contributed by atoms with Crippen LogP contribution in [0.3, 0.4) is 0 Å². The van der Waals surface area contributed by atoms with Gasteiger partial charge in [0.05, 0.1) is 12.2 Å². The van der Waals surface area contributed by atoms with E-state index in [0.29, 0.717) is 23.1 Å². The normalized spacial score (nSPS) is 10.5. The zero-order valence-corrected chi connectivity index (χ0v) is 9.60. The van der Waals surface area contributed by atoms with Gasteiger partial charge in [0, 0.05) is 13.2 Å². The van der Waals surface area contributed by atoms with Gasteiger partial charge in [-0.2, -0.15) is 4.98 Å². The van der Waals surface area contributed by atoms with Crippen molar-refractivity contribution in [3.8, 4) is 0 Å². The van der Waals surface area contributed by atoms with Crippen LogP contribution in [0.15, 0.2) is 16.8 Å². The smallest absolute Gasteiger partial charge is 0.268 e. The molecule has 0 unspecified atom stereocenters. The Labute approximate surface area is 97.6 Å². The molecule has 0 fully saturated rings. The second kappa shape index (κ2) is 4.28. The molecule has 2 aromatic heterocycles. The van der Waals surface area contributed by atoms with Crippen LogP contribution in [0.1, 0.15) is 22.2 Å². The van der Waals surface area contributed by atoms with Crippen LogP contribution in [0, 0.1) is 6.92 Å². The Morgan fingerprint density at radius 1 is 1.65 bits per heavy atom. The van der Waals surface area contributed by atoms with E-state index < -0.39 is 0 Å². The van der Waals surface area contributed by atoms with Crippen LogP contribution in [0.2, 0.25) is 0 Å². The van der Waals surface area contributed by atoms with Gasteiger partial charge in [-0.15, -0.1) is 0 Å². The van der Waals surface area contributed by atoms with E-state index in [1.165, 1.54) is 0 Å². The molecular weight excluding hydrogens is 222 g/mol. The van der Waals surface area contributed by atoms with Gasteiger partial charge in [0.1, 0.15) is 5.69 Å². The van der Waals surface area contributed by atoms with Gasteiger partial charge in [-0.1, -0.05) is 5.16 Å². The van der Waals surface area contributed by atoms with Crippen LogP contribution in [0.4, 0.5) is 5.69 Å². The van der Waals surface area contributed by atoms with Gasteiger partial charge in [0.25, 0.3) is 5.91 Å². The molecule has 0 saturated heterocycles. The van der Waals surface area contributed by atoms with Crippen LogP contribution in [0.25, 0.3) is 0 Å². The molecule has 1 amide bonds. The summed E-state index contributed by atoms with van der Waals surface area (Å²) in [5.74, 6) is 0.676. The van der Waals surface area contributed by atoms with Crippen LogP contribution in [-0.4, -0.2) is 20.6 Å². The van der Waals surface area contributed by atoms with Crippen molar-refractivity contribution in [2.45, 2.75) is 13.5 Å². The first-order valence-electron chi connectivity index (χ1n) is 5.05. The number of nitrogen functional groups attached to an aromatic ring is 1. The molecule has 0 saturated carbocycles. The van der Waals surface area contributed by atoms with Gasteiger partial charge in [-0.25, -0.2) is 0 Å². The van der Waals surface area contributed by atoms with E-state index in [9.17, 15) is 4.79 Å². The highest BCUT2D eigenvalue weighted by molar-refractivity contribution is 5.93. The number of amides is 1. The summed E-state index contributed by atoms with van der Waals surface area (Å²) in [5, 5.41) is 6.30. The topological polar surface area (TPSA) is 99.0 Å². The van der Waals surface area contributed by atoms with Crippen LogP contribution < -0.4 is 11.1 Å². The van der Waals surface area contributed by atoms with E-state index in [1.54, 1.807) is 30.8 Å². The summed E-state index contributed by atoms with van der Waals surface area (Å²) in [6.45, 7) is 1.91. The minimum atomic E-state index is -0.236. The Morgan fingerprint density at radius 2 is 2.41 bits per heavy atom. The zero-order valence-electron chi connectivity index (χ0n) is 9.60. The highest BCUT2D eigenvalue weighted by atomic mass is 16.5. The number of nitrogens with zero attached hydrogens (tertiary/aromatic N) is 3. The molecule has 0 radical (unpaired) electrons. The second-order valence-electron chi connectivity index (χ2n) is 3.69. The number of aromatic nitrogens is 3. The molecule has 2 rings (SSSR count). The van der Waals surface area contributed by atoms with Gasteiger partial charge >= 0.3 is 0 Å². The first-order chi connectivity index (χ1) is 8.06. The number of hydrogen-bond donors (Lipinski definition) is 2. The SMILES string of the molecule is Cc1noc(CNC(=O)c2cc(N)cn2C)n1. The molecule has 0 aliphatic heterocycles. The Kier molecular flexibility index (Phi) is 2.82. The van der Waals surface area contributed by atoms with Crippen molar-refractivity contribution in [1.82, 2.24) is 20.0 Å². The van der Waals surface area contributed by atoms with E-state index in [2.05, 4.69) is 15.5 Å². The Morgan fingerprint density at radius 3 is 2.94 bits per heavy atom. The summed E-state index contributed by atoms with van der Waals surface area (Å²) in [6, 6.07) is 1.61. The average molecular weight is 235 g/mol. The molecule has 0 spiro atoms. The van der Waals surface area contributed by atoms with Crippen molar-refractivity contribution in [2.75, 3.05) is 5.73 Å². The third-order valence-corrected chi connectivity index (χ3v) is 2.23. The third-order valence-electron chi connectivity index (χ3n) is 2.23. The predicted molar refractivity (Wildman–Crippen MR) is 60.0 cm³/mol. The van der Waals surface area contributed by atoms with Gasteiger partial charge in [0.2, 0.25) is 5.89 Å². The lowest BCUT2D eigenvalue weighted by atomic mass is 10.4. The lowest BCUT2D eigenvalue weighted by Crippen LogP contribution is -2.24. The predicted octanol–water partition coefficient (Wildman–Crippen LogP) is 0.229. The average Bonchev–Trinajstić information content (AvgIpc) is 2.81. The Balaban J connectivity index is 2.00. The van der Waals surface area contributed by atoms with E-state index in [1.807, 2.05) is 0 Å². The van der Waals surface area contributed by atoms with Gasteiger partial charge < -0.3 is 20.1 Å². The molecule has 2 heterocycles. The fourth-order valence-electron chi connectivity index (χ4n) is 1.47. The molecule has 0 aliphatic carbocycles. The second-order valence-corrected chi connectivity index (χ2v) is 3.69. The fourth-order valence-corrected chi connectivity index (χ4v) is 1.47. The number of nitrogens with two attached hydrogens (primary N) is 1. The summed E-state index contributed by atoms with van der Waals surface area (Å²) >= 11 is 0. The quantitative estimate of drug-likeness (QED) is 0.793. The van der Waals surface area contributed by atoms with Crippen molar-refractivity contribution in [3.05, 3.63) is 29.7 Å². The number of carbonyl (C=O) groups is 1. The lowest BCUT2D eigenvalue weighted by Gasteiger charge is -2.02. The molecule has 2 aromatic rings. The van der Waals surface area contributed by atoms with E-state index in [4.69, 9.17) is 10.3 Å². The summed E-state index contributed by atoms with van der Waals surface area (Å²) in [6.07, 6.45) is 1.67. The zero-order chi connectivity index (χ0) is 12.4. The number of carbonyl (C=O) groups excluding carboxylic acids is 1. The van der Waals surface area contributed by atoms with Crippen LogP contribution in [0.5, 0.6) is 0 Å². The maximum atomic E-state index is 11.8. The van der Waals surface area contributed by atoms with Gasteiger partial charge in [0.15, 0.2) is 5.82 Å². The van der Waals surface area contributed by atoms with Crippen molar-refractivity contribution in [1.29, 1.82) is 0 Å². The molecule has 90 valence electrons. The van der Waals surface area contributed by atoms with E-state index in [-0.39, 0.29) is 12.5 Å². The largest absolute Gasteiger partial charge is 0.397 e. The fraction of sp³-hybridized carbons (Fsp3) is 0.300. The number of anilines is 1. The molecule has 7 heteroatoms. The molecule has 3 N–H and O–H groups in total. The number of aryl methyl sites for hydroxylation is 2. The highest BCUT2D eigenvalue weighted by Gasteiger charge is 2.11. The summed E-state index contributed by atoms with van der Waals surface area (Å²) in [4.78, 5) is 15.8. The van der Waals surface area contributed by atoms with Crippen molar-refractivity contribution in [2.24, 2.45) is 7.05 Å². The van der Waals surface area contributed by atoms with Crippen molar-refractivity contribution >= 4 is 11.6 Å². The molecule has 0 aliphatic rings. The lowest BCUT2D eigenvalue weighted by molar-refractivity contribution is 0.0938. The highest BCUT2D eigenvalue weighted by Crippen LogP contribution is 2.08. The van der Waals surface area contributed by atoms with Gasteiger partial charge in [-0.3, -0.25) is 4.79 Å². The molecule has 7 nitrogen and oxygen atoms in total. The maximum Gasteiger partial charge on any atom is 0.268 e. The minimum Gasteiger partial charge on any atom is -0.397 e. The first kappa shape index (κ1) is 11.2. The van der Waals surface area contributed by atoms with E-state index in [0.717, 1.165) is 0 Å². The molecule has 0 bridgehead atoms. The van der Waals surface area contributed by atoms with Crippen LogP contribution >= 0.6 is 0 Å². The number of rotatable bonds is 3. The summed E-state index contributed by atoms with van der Waals surface area (Å²) in [5.41, 5.74) is 6.62. The van der Waals surface area contributed by atoms with Crippen molar-refractivity contribution in [3.63, 3.8) is 0 Å². The van der Waals surface area contributed by atoms with Gasteiger partial charge in [-0.05, 0) is 13.0 Å². The van der Waals surface area contributed by atoms with Crippen LogP contribution in [-0.2, 0) is 13.6 Å². The molecule has 17 heavy (non-hydrogen) atoms. The summed E-state index contributed by atoms with van der Waals surface area (Å²) in [7, 11) is 1.75. The third kappa shape index (κ3) is 2.44.